The zero-order valence-corrected chi connectivity index (χ0v) is 20.8. The van der Waals surface area contributed by atoms with Gasteiger partial charge in [0, 0.05) is 50.2 Å². The van der Waals surface area contributed by atoms with Crippen LogP contribution < -0.4 is 4.90 Å². The first-order valence-electron chi connectivity index (χ1n) is 12.6. The summed E-state index contributed by atoms with van der Waals surface area (Å²) in [6.07, 6.45) is 1.89. The molecule has 1 fully saturated rings. The second-order valence-electron chi connectivity index (χ2n) is 9.52. The number of amides is 1. The first kappa shape index (κ1) is 22.3. The lowest BCUT2D eigenvalue weighted by Gasteiger charge is -2.34. The number of imidazole rings is 1. The summed E-state index contributed by atoms with van der Waals surface area (Å²) in [5.74, 6) is 1.29. The molecule has 0 unspecified atom stereocenters. The predicted octanol–water partition coefficient (Wildman–Crippen LogP) is 4.73. The van der Waals surface area contributed by atoms with Crippen LogP contribution in [0.4, 0.5) is 5.95 Å². The van der Waals surface area contributed by atoms with Crippen molar-refractivity contribution >= 4 is 33.8 Å². The Balaban J connectivity index is 1.04. The molecule has 0 spiro atoms. The Morgan fingerprint density at radius 1 is 0.921 bits per heavy atom. The van der Waals surface area contributed by atoms with Crippen molar-refractivity contribution in [2.24, 2.45) is 7.05 Å². The van der Waals surface area contributed by atoms with Gasteiger partial charge in [-0.05, 0) is 29.3 Å². The van der Waals surface area contributed by atoms with Crippen LogP contribution in [0.25, 0.3) is 44.4 Å². The number of anilines is 1. The molecule has 1 saturated heterocycles. The maximum absolute atomic E-state index is 13.1. The van der Waals surface area contributed by atoms with E-state index in [-0.39, 0.29) is 5.91 Å². The number of H-pyrrole nitrogens is 1. The smallest absolute Gasteiger partial charge is 0.276 e. The van der Waals surface area contributed by atoms with Crippen molar-refractivity contribution < 1.29 is 9.32 Å². The molecule has 1 N–H and O–H groups in total. The molecule has 0 atom stereocenters. The van der Waals surface area contributed by atoms with Crippen molar-refractivity contribution in [1.29, 1.82) is 0 Å². The van der Waals surface area contributed by atoms with Crippen LogP contribution in [0.2, 0.25) is 0 Å². The van der Waals surface area contributed by atoms with E-state index in [1.807, 2.05) is 65.3 Å². The summed E-state index contributed by atoms with van der Waals surface area (Å²) in [5, 5.41) is 9.58. The summed E-state index contributed by atoms with van der Waals surface area (Å²) in [6, 6.07) is 24.0. The van der Waals surface area contributed by atoms with E-state index in [1.54, 1.807) is 6.07 Å². The van der Waals surface area contributed by atoms with Crippen LogP contribution in [-0.2, 0) is 7.05 Å². The van der Waals surface area contributed by atoms with Crippen LogP contribution >= 0.6 is 0 Å². The molecule has 1 aliphatic rings. The van der Waals surface area contributed by atoms with Gasteiger partial charge in [0.1, 0.15) is 0 Å². The second-order valence-corrected chi connectivity index (χ2v) is 9.52. The Morgan fingerprint density at radius 2 is 1.71 bits per heavy atom. The number of aryl methyl sites for hydroxylation is 1. The number of hydrogen-bond acceptors (Lipinski definition) is 6. The number of benzene rings is 3. The first-order valence-corrected chi connectivity index (χ1v) is 12.6. The highest BCUT2D eigenvalue weighted by molar-refractivity contribution is 5.95. The summed E-state index contributed by atoms with van der Waals surface area (Å²) in [7, 11) is 1.94. The molecule has 6 aromatic rings. The van der Waals surface area contributed by atoms with Crippen molar-refractivity contribution in [2.45, 2.75) is 0 Å². The van der Waals surface area contributed by atoms with Gasteiger partial charge in [-0.2, -0.15) is 5.10 Å². The lowest BCUT2D eigenvalue weighted by atomic mass is 10.00. The van der Waals surface area contributed by atoms with Crippen molar-refractivity contribution in [3.63, 3.8) is 0 Å². The molecule has 9 heteroatoms. The standard InChI is InChI=1S/C29H25N7O2/c1-34-26-8-4-5-21(22(26)18-30-34)19-9-11-20(12-10-19)27-17-25(33-38-27)28(37)35-13-15-36(16-14-35)29-31-23-6-2-3-7-24(23)32-29/h2-12,17-18H,13-16H2,1H3,(H,31,32). The zero-order valence-electron chi connectivity index (χ0n) is 20.8. The number of carbonyl (C=O) groups excluding carboxylic acids is 1. The van der Waals surface area contributed by atoms with Gasteiger partial charge >= 0.3 is 0 Å². The molecule has 9 nitrogen and oxygen atoms in total. The highest BCUT2D eigenvalue weighted by Gasteiger charge is 2.26. The lowest BCUT2D eigenvalue weighted by Crippen LogP contribution is -2.49. The average Bonchev–Trinajstić information content (AvgIpc) is 3.72. The van der Waals surface area contributed by atoms with Crippen LogP contribution in [0.15, 0.2) is 83.5 Å². The van der Waals surface area contributed by atoms with Gasteiger partial charge < -0.3 is 19.3 Å². The first-order chi connectivity index (χ1) is 18.6. The van der Waals surface area contributed by atoms with Gasteiger partial charge in [0.15, 0.2) is 11.5 Å². The topological polar surface area (TPSA) is 96.1 Å². The molecule has 1 aliphatic heterocycles. The Labute approximate surface area is 218 Å². The van der Waals surface area contributed by atoms with E-state index < -0.39 is 0 Å². The van der Waals surface area contributed by atoms with Crippen molar-refractivity contribution in [3.05, 3.63) is 84.7 Å². The summed E-state index contributed by atoms with van der Waals surface area (Å²) >= 11 is 0. The molecule has 1 amide bonds. The largest absolute Gasteiger partial charge is 0.355 e. The van der Waals surface area contributed by atoms with Gasteiger partial charge in [-0.15, -0.1) is 0 Å². The number of nitrogens with one attached hydrogen (secondary N) is 1. The molecule has 0 radical (unpaired) electrons. The third-order valence-electron chi connectivity index (χ3n) is 7.24. The Morgan fingerprint density at radius 3 is 2.53 bits per heavy atom. The van der Waals surface area contributed by atoms with E-state index in [0.29, 0.717) is 37.6 Å². The van der Waals surface area contributed by atoms with Crippen LogP contribution in [0.1, 0.15) is 10.5 Å². The number of carbonyl (C=O) groups is 1. The van der Waals surface area contributed by atoms with Gasteiger partial charge in [0.05, 0.1) is 22.7 Å². The van der Waals surface area contributed by atoms with Gasteiger partial charge in [0.25, 0.3) is 5.91 Å². The lowest BCUT2D eigenvalue weighted by molar-refractivity contribution is 0.0736. The van der Waals surface area contributed by atoms with E-state index in [0.717, 1.165) is 44.6 Å². The van der Waals surface area contributed by atoms with Crippen LogP contribution in [0.5, 0.6) is 0 Å². The molecular formula is C29H25N7O2. The molecule has 0 bridgehead atoms. The van der Waals surface area contributed by atoms with E-state index in [2.05, 4.69) is 49.4 Å². The molecule has 3 aromatic carbocycles. The minimum Gasteiger partial charge on any atom is -0.355 e. The minimum atomic E-state index is -0.121. The maximum atomic E-state index is 13.1. The van der Waals surface area contributed by atoms with E-state index in [4.69, 9.17) is 4.52 Å². The minimum absolute atomic E-state index is 0.121. The van der Waals surface area contributed by atoms with Gasteiger partial charge in [-0.1, -0.05) is 53.7 Å². The van der Waals surface area contributed by atoms with Crippen molar-refractivity contribution in [2.75, 3.05) is 31.1 Å². The fourth-order valence-corrected chi connectivity index (χ4v) is 5.13. The highest BCUT2D eigenvalue weighted by Crippen LogP contribution is 2.30. The average molecular weight is 504 g/mol. The predicted molar refractivity (Wildman–Crippen MR) is 146 cm³/mol. The number of nitrogens with zero attached hydrogens (tertiary/aromatic N) is 6. The molecule has 38 heavy (non-hydrogen) atoms. The molecule has 7 rings (SSSR count). The van der Waals surface area contributed by atoms with E-state index >= 15 is 0 Å². The third-order valence-corrected chi connectivity index (χ3v) is 7.24. The molecule has 0 aliphatic carbocycles. The zero-order chi connectivity index (χ0) is 25.6. The summed E-state index contributed by atoms with van der Waals surface area (Å²) < 4.78 is 7.44. The number of aromatic amines is 1. The third kappa shape index (κ3) is 3.80. The summed E-state index contributed by atoms with van der Waals surface area (Å²) in [5.41, 5.74) is 6.44. The fourth-order valence-electron chi connectivity index (χ4n) is 5.13. The molecule has 4 heterocycles. The summed E-state index contributed by atoms with van der Waals surface area (Å²) in [4.78, 5) is 25.2. The fraction of sp³-hybridized carbons (Fsp3) is 0.172. The second kappa shape index (κ2) is 8.88. The summed E-state index contributed by atoms with van der Waals surface area (Å²) in [6.45, 7) is 2.57. The molecule has 3 aromatic heterocycles. The number of aromatic nitrogens is 5. The van der Waals surface area contributed by atoms with Crippen LogP contribution in [-0.4, -0.2) is 61.9 Å². The van der Waals surface area contributed by atoms with E-state index in [9.17, 15) is 4.79 Å². The molecule has 188 valence electrons. The molecular weight excluding hydrogens is 478 g/mol. The van der Waals surface area contributed by atoms with Crippen LogP contribution in [0.3, 0.4) is 0 Å². The van der Waals surface area contributed by atoms with Crippen molar-refractivity contribution in [1.82, 2.24) is 29.8 Å². The van der Waals surface area contributed by atoms with Gasteiger partial charge in [0.2, 0.25) is 5.95 Å². The Bertz CT molecular complexity index is 1740. The van der Waals surface area contributed by atoms with Crippen molar-refractivity contribution in [3.8, 4) is 22.5 Å². The normalized spacial score (nSPS) is 14.0. The number of piperazine rings is 1. The molecule has 0 saturated carbocycles. The van der Waals surface area contributed by atoms with Gasteiger partial charge in [-0.25, -0.2) is 4.98 Å². The SMILES string of the molecule is Cn1ncc2c(-c3ccc(-c4cc(C(=O)N5CCN(c6nc7ccccc7[nH]6)CC5)no4)cc3)cccc21. The maximum Gasteiger partial charge on any atom is 0.276 e. The number of fused-ring (bicyclic) bond motifs is 2. The van der Waals surface area contributed by atoms with Gasteiger partial charge in [-0.3, -0.25) is 9.48 Å². The Kier molecular flexibility index (Phi) is 5.21. The number of para-hydroxylation sites is 2. The van der Waals surface area contributed by atoms with E-state index in [1.165, 1.54) is 0 Å². The monoisotopic (exact) mass is 503 g/mol. The quantitative estimate of drug-likeness (QED) is 0.374. The van der Waals surface area contributed by atoms with Crippen LogP contribution in [0, 0.1) is 0 Å². The number of rotatable bonds is 4. The Hall–Kier alpha value is -4.92. The highest BCUT2D eigenvalue weighted by atomic mass is 16.5. The number of hydrogen-bond donors (Lipinski definition) is 1.